The lowest BCUT2D eigenvalue weighted by Gasteiger charge is -2.35. The molecule has 0 aromatic carbocycles. The van der Waals surface area contributed by atoms with Gasteiger partial charge in [0, 0.05) is 24.6 Å². The second-order valence-electron chi connectivity index (χ2n) is 5.32. The summed E-state index contributed by atoms with van der Waals surface area (Å²) in [4.78, 5) is 11.5. The summed E-state index contributed by atoms with van der Waals surface area (Å²) < 4.78 is 5.62. The van der Waals surface area contributed by atoms with Gasteiger partial charge in [0.05, 0.1) is 11.5 Å². The summed E-state index contributed by atoms with van der Waals surface area (Å²) in [6.07, 6.45) is 3.55. The van der Waals surface area contributed by atoms with Crippen LogP contribution in [0.25, 0.3) is 10.2 Å². The zero-order chi connectivity index (χ0) is 14.8. The number of rotatable bonds is 6. The van der Waals surface area contributed by atoms with Gasteiger partial charge < -0.3 is 15.4 Å². The Morgan fingerprint density at radius 2 is 2.14 bits per heavy atom. The predicted molar refractivity (Wildman–Crippen MR) is 88.4 cm³/mol. The van der Waals surface area contributed by atoms with Gasteiger partial charge in [-0.3, -0.25) is 0 Å². The van der Waals surface area contributed by atoms with E-state index in [1.165, 1.54) is 4.88 Å². The Morgan fingerprint density at radius 3 is 2.81 bits per heavy atom. The molecule has 1 saturated carbocycles. The molecule has 114 valence electrons. The highest BCUT2D eigenvalue weighted by atomic mass is 32.1. The molecule has 3 rings (SSSR count). The summed E-state index contributed by atoms with van der Waals surface area (Å²) in [6, 6.07) is 2.66. The Hall–Kier alpha value is -1.40. The number of ether oxygens (including phenoxy) is 1. The van der Waals surface area contributed by atoms with E-state index in [1.54, 1.807) is 11.3 Å². The SMILES string of the molecule is CCOC1CC(Nc2nc(NC)nc3sc(CC)cc23)C1. The first-order valence-corrected chi connectivity index (χ1v) is 8.41. The lowest BCUT2D eigenvalue weighted by atomic mass is 9.89. The van der Waals surface area contributed by atoms with Crippen molar-refractivity contribution >= 4 is 33.3 Å². The fraction of sp³-hybridized carbons (Fsp3) is 0.600. The van der Waals surface area contributed by atoms with E-state index in [1.807, 2.05) is 14.0 Å². The van der Waals surface area contributed by atoms with E-state index in [-0.39, 0.29) is 0 Å². The van der Waals surface area contributed by atoms with Gasteiger partial charge in [-0.05, 0) is 32.3 Å². The molecule has 1 aliphatic carbocycles. The molecule has 0 aliphatic heterocycles. The van der Waals surface area contributed by atoms with Gasteiger partial charge in [0.15, 0.2) is 0 Å². The number of hydrogen-bond donors (Lipinski definition) is 2. The number of hydrogen-bond acceptors (Lipinski definition) is 6. The third kappa shape index (κ3) is 2.96. The summed E-state index contributed by atoms with van der Waals surface area (Å²) in [5.41, 5.74) is 0. The van der Waals surface area contributed by atoms with Crippen molar-refractivity contribution in [3.8, 4) is 0 Å². The maximum absolute atomic E-state index is 5.62. The average Bonchev–Trinajstić information content (AvgIpc) is 2.88. The van der Waals surface area contributed by atoms with Crippen LogP contribution in [0.1, 0.15) is 31.6 Å². The number of aromatic nitrogens is 2. The van der Waals surface area contributed by atoms with Gasteiger partial charge in [-0.2, -0.15) is 4.98 Å². The van der Waals surface area contributed by atoms with Gasteiger partial charge in [-0.15, -0.1) is 11.3 Å². The third-order valence-electron chi connectivity index (χ3n) is 3.85. The van der Waals surface area contributed by atoms with Crippen LogP contribution in [0, 0.1) is 0 Å². The molecular weight excluding hydrogens is 284 g/mol. The summed E-state index contributed by atoms with van der Waals surface area (Å²) in [5.74, 6) is 1.62. The number of nitrogens with zero attached hydrogens (tertiary/aromatic N) is 2. The first-order valence-electron chi connectivity index (χ1n) is 7.59. The number of fused-ring (bicyclic) bond motifs is 1. The minimum atomic E-state index is 0.405. The largest absolute Gasteiger partial charge is 0.378 e. The highest BCUT2D eigenvalue weighted by molar-refractivity contribution is 7.18. The van der Waals surface area contributed by atoms with Crippen molar-refractivity contribution in [1.29, 1.82) is 0 Å². The molecule has 2 aromatic rings. The highest BCUT2D eigenvalue weighted by Crippen LogP contribution is 2.33. The van der Waals surface area contributed by atoms with E-state index in [4.69, 9.17) is 4.74 Å². The molecule has 0 bridgehead atoms. The van der Waals surface area contributed by atoms with Crippen LogP contribution in [-0.2, 0) is 11.2 Å². The predicted octanol–water partition coefficient (Wildman–Crippen LogP) is 3.27. The Bertz CT molecular complexity index is 621. The van der Waals surface area contributed by atoms with Crippen LogP contribution in [0.4, 0.5) is 11.8 Å². The number of aryl methyl sites for hydroxylation is 1. The Labute approximate surface area is 129 Å². The van der Waals surface area contributed by atoms with Crippen LogP contribution in [0.5, 0.6) is 0 Å². The van der Waals surface area contributed by atoms with Crippen molar-refractivity contribution in [1.82, 2.24) is 9.97 Å². The molecule has 2 N–H and O–H groups in total. The maximum Gasteiger partial charge on any atom is 0.225 e. The van der Waals surface area contributed by atoms with E-state index in [9.17, 15) is 0 Å². The molecule has 5 nitrogen and oxygen atoms in total. The van der Waals surface area contributed by atoms with Crippen LogP contribution in [0.3, 0.4) is 0 Å². The van der Waals surface area contributed by atoms with Crippen molar-refractivity contribution in [2.45, 2.75) is 45.3 Å². The first kappa shape index (κ1) is 14.5. The highest BCUT2D eigenvalue weighted by Gasteiger charge is 2.30. The van der Waals surface area contributed by atoms with Crippen molar-refractivity contribution in [3.05, 3.63) is 10.9 Å². The monoisotopic (exact) mass is 306 g/mol. The molecule has 0 atom stereocenters. The molecule has 2 heterocycles. The zero-order valence-corrected chi connectivity index (χ0v) is 13.6. The Morgan fingerprint density at radius 1 is 1.33 bits per heavy atom. The third-order valence-corrected chi connectivity index (χ3v) is 5.03. The molecule has 0 amide bonds. The number of nitrogens with one attached hydrogen (secondary N) is 2. The van der Waals surface area contributed by atoms with Crippen molar-refractivity contribution < 1.29 is 4.74 Å². The average molecular weight is 306 g/mol. The summed E-state index contributed by atoms with van der Waals surface area (Å²) >= 11 is 1.75. The molecule has 2 aromatic heterocycles. The fourth-order valence-electron chi connectivity index (χ4n) is 2.62. The second-order valence-corrected chi connectivity index (χ2v) is 6.44. The Balaban J connectivity index is 1.81. The van der Waals surface area contributed by atoms with Gasteiger partial charge in [-0.25, -0.2) is 4.98 Å². The lowest BCUT2D eigenvalue weighted by molar-refractivity contribution is 0.00295. The van der Waals surface area contributed by atoms with Crippen LogP contribution in [0.15, 0.2) is 6.07 Å². The van der Waals surface area contributed by atoms with E-state index in [0.717, 1.165) is 41.9 Å². The molecule has 0 radical (unpaired) electrons. The van der Waals surface area contributed by atoms with Gasteiger partial charge in [0.2, 0.25) is 5.95 Å². The van der Waals surface area contributed by atoms with Crippen LogP contribution < -0.4 is 10.6 Å². The lowest BCUT2D eigenvalue weighted by Crippen LogP contribution is -2.41. The van der Waals surface area contributed by atoms with Gasteiger partial charge in [0.1, 0.15) is 10.6 Å². The normalized spacial score (nSPS) is 21.3. The quantitative estimate of drug-likeness (QED) is 0.857. The zero-order valence-electron chi connectivity index (χ0n) is 12.8. The smallest absolute Gasteiger partial charge is 0.225 e. The van der Waals surface area contributed by atoms with Gasteiger partial charge in [0.25, 0.3) is 0 Å². The molecule has 1 fully saturated rings. The topological polar surface area (TPSA) is 59.1 Å². The standard InChI is InChI=1S/C15H22N4OS/c1-4-11-8-12-13(17-9-6-10(7-9)20-5-2)18-15(16-3)19-14(12)21-11/h8-10H,4-7H2,1-3H3,(H2,16,17,18,19). The summed E-state index contributed by atoms with van der Waals surface area (Å²) in [6.45, 7) is 5.01. The molecule has 1 aliphatic rings. The van der Waals surface area contributed by atoms with Crippen molar-refractivity contribution in [2.24, 2.45) is 0 Å². The Kier molecular flexibility index (Phi) is 4.26. The van der Waals surface area contributed by atoms with Crippen molar-refractivity contribution in [2.75, 3.05) is 24.3 Å². The van der Waals surface area contributed by atoms with Crippen LogP contribution >= 0.6 is 11.3 Å². The first-order chi connectivity index (χ1) is 10.2. The molecule has 0 unspecified atom stereocenters. The summed E-state index contributed by atoms with van der Waals surface area (Å²) in [7, 11) is 1.85. The second kappa shape index (κ2) is 6.15. The molecular formula is C15H22N4OS. The van der Waals surface area contributed by atoms with Crippen molar-refractivity contribution in [3.63, 3.8) is 0 Å². The van der Waals surface area contributed by atoms with E-state index >= 15 is 0 Å². The van der Waals surface area contributed by atoms with Gasteiger partial charge in [-0.1, -0.05) is 6.92 Å². The minimum Gasteiger partial charge on any atom is -0.378 e. The fourth-order valence-corrected chi connectivity index (χ4v) is 3.58. The van der Waals surface area contributed by atoms with Crippen LogP contribution in [0.2, 0.25) is 0 Å². The van der Waals surface area contributed by atoms with Gasteiger partial charge >= 0.3 is 0 Å². The number of anilines is 2. The van der Waals surface area contributed by atoms with E-state index in [2.05, 4.69) is 33.6 Å². The molecule has 0 saturated heterocycles. The molecule has 0 spiro atoms. The van der Waals surface area contributed by atoms with E-state index in [0.29, 0.717) is 18.1 Å². The van der Waals surface area contributed by atoms with E-state index < -0.39 is 0 Å². The summed E-state index contributed by atoms with van der Waals surface area (Å²) in [5, 5.41) is 7.74. The molecule has 6 heteroatoms. The molecule has 21 heavy (non-hydrogen) atoms. The van der Waals surface area contributed by atoms with Crippen LogP contribution in [-0.4, -0.2) is 35.8 Å². The number of thiophene rings is 1. The maximum atomic E-state index is 5.62. The minimum absolute atomic E-state index is 0.405.